The van der Waals surface area contributed by atoms with Crippen molar-refractivity contribution in [3.63, 3.8) is 0 Å². The Hall–Kier alpha value is -3.07. The molecule has 3 rings (SSSR count). The molecule has 1 amide bonds. The van der Waals surface area contributed by atoms with E-state index in [1.807, 2.05) is 0 Å². The van der Waals surface area contributed by atoms with Gasteiger partial charge in [0.15, 0.2) is 6.19 Å². The van der Waals surface area contributed by atoms with Crippen LogP contribution in [-0.2, 0) is 0 Å². The van der Waals surface area contributed by atoms with Gasteiger partial charge < -0.3 is 16.0 Å². The number of amides is 1. The van der Waals surface area contributed by atoms with Gasteiger partial charge in [-0.3, -0.25) is 4.79 Å². The van der Waals surface area contributed by atoms with Crippen LogP contribution in [-0.4, -0.2) is 22.3 Å². The third-order valence-electron chi connectivity index (χ3n) is 4.00. The summed E-state index contributed by atoms with van der Waals surface area (Å²) in [6.07, 6.45) is 5.62. The monoisotopic (exact) mass is 307 g/mol. The Labute approximate surface area is 134 Å². The second kappa shape index (κ2) is 6.36. The average molecular weight is 307 g/mol. The quantitative estimate of drug-likeness (QED) is 0.671. The number of nitrogens with one attached hydrogen (secondary N) is 1. The van der Waals surface area contributed by atoms with E-state index < -0.39 is 0 Å². The van der Waals surface area contributed by atoms with Gasteiger partial charge in [-0.1, -0.05) is 6.07 Å². The lowest BCUT2D eigenvalue weighted by atomic mass is 9.99. The number of rotatable bonds is 3. The fraction of sp³-hybridized carbons (Fsp3) is 0.235. The molecule has 116 valence electrons. The van der Waals surface area contributed by atoms with Gasteiger partial charge in [-0.25, -0.2) is 4.98 Å². The highest BCUT2D eigenvalue weighted by atomic mass is 16.1. The summed E-state index contributed by atoms with van der Waals surface area (Å²) >= 11 is 0. The van der Waals surface area contributed by atoms with Crippen molar-refractivity contribution in [3.8, 4) is 6.19 Å². The van der Waals surface area contributed by atoms with Crippen molar-refractivity contribution in [2.75, 3.05) is 17.6 Å². The molecule has 0 aliphatic carbocycles. The highest BCUT2D eigenvalue weighted by Gasteiger charge is 2.27. The number of nitriles is 1. The number of pyridine rings is 1. The number of hydrogen-bond donors (Lipinski definition) is 2. The fourth-order valence-corrected chi connectivity index (χ4v) is 2.84. The summed E-state index contributed by atoms with van der Waals surface area (Å²) < 4.78 is 0. The molecular weight excluding hydrogens is 290 g/mol. The number of benzene rings is 1. The molecule has 0 radical (unpaired) electrons. The molecule has 1 aliphatic heterocycles. The summed E-state index contributed by atoms with van der Waals surface area (Å²) in [4.78, 5) is 18.2. The van der Waals surface area contributed by atoms with Crippen LogP contribution in [0.4, 0.5) is 11.5 Å². The van der Waals surface area contributed by atoms with E-state index in [0.717, 1.165) is 24.9 Å². The van der Waals surface area contributed by atoms with E-state index in [1.165, 1.54) is 0 Å². The van der Waals surface area contributed by atoms with Gasteiger partial charge in [0.05, 0.1) is 6.04 Å². The van der Waals surface area contributed by atoms with Crippen LogP contribution in [0.15, 0.2) is 42.6 Å². The first-order valence-electron chi connectivity index (χ1n) is 7.47. The number of likely N-dealkylation sites (tertiary alicyclic amines) is 1. The minimum absolute atomic E-state index is 0.0531. The first-order chi connectivity index (χ1) is 11.2. The van der Waals surface area contributed by atoms with Gasteiger partial charge in [-0.15, -0.1) is 0 Å². The second-order valence-electron chi connectivity index (χ2n) is 5.46. The molecule has 3 N–H and O–H groups in total. The second-order valence-corrected chi connectivity index (χ2v) is 5.46. The molecule has 0 bridgehead atoms. The van der Waals surface area contributed by atoms with Crippen molar-refractivity contribution in [2.45, 2.75) is 18.9 Å². The Balaban J connectivity index is 1.85. The van der Waals surface area contributed by atoms with E-state index in [0.29, 0.717) is 17.1 Å². The number of anilines is 2. The summed E-state index contributed by atoms with van der Waals surface area (Å²) in [6.45, 7) is 0.727. The molecule has 1 unspecified atom stereocenters. The maximum absolute atomic E-state index is 12.4. The first-order valence-corrected chi connectivity index (χ1v) is 7.47. The zero-order chi connectivity index (χ0) is 16.2. The Morgan fingerprint density at radius 3 is 3.00 bits per heavy atom. The van der Waals surface area contributed by atoms with Crippen LogP contribution in [0.3, 0.4) is 0 Å². The number of nitrogen functional groups attached to an aromatic ring is 1. The molecule has 2 aromatic rings. The molecule has 1 fully saturated rings. The molecule has 23 heavy (non-hydrogen) atoms. The van der Waals surface area contributed by atoms with Crippen molar-refractivity contribution in [2.24, 2.45) is 0 Å². The lowest BCUT2D eigenvalue weighted by Crippen LogP contribution is -2.19. The third-order valence-corrected chi connectivity index (χ3v) is 4.00. The van der Waals surface area contributed by atoms with Crippen molar-refractivity contribution in [1.82, 2.24) is 9.88 Å². The molecule has 1 aromatic carbocycles. The summed E-state index contributed by atoms with van der Waals surface area (Å²) in [5, 5.41) is 12.0. The summed E-state index contributed by atoms with van der Waals surface area (Å²) in [7, 11) is 0. The van der Waals surface area contributed by atoms with Gasteiger partial charge in [-0.05, 0) is 48.7 Å². The minimum Gasteiger partial charge on any atom is -0.398 e. The largest absolute Gasteiger partial charge is 0.398 e. The van der Waals surface area contributed by atoms with Gasteiger partial charge in [0.2, 0.25) is 0 Å². The molecule has 1 aliphatic rings. The fourth-order valence-electron chi connectivity index (χ4n) is 2.84. The third kappa shape index (κ3) is 3.09. The predicted octanol–water partition coefficient (Wildman–Crippen LogP) is 2.53. The van der Waals surface area contributed by atoms with Gasteiger partial charge in [-0.2, -0.15) is 5.26 Å². The lowest BCUT2D eigenvalue weighted by molar-refractivity contribution is 0.102. The van der Waals surface area contributed by atoms with Gasteiger partial charge in [0.1, 0.15) is 5.82 Å². The molecule has 0 spiro atoms. The number of hydrogen-bond acceptors (Lipinski definition) is 5. The number of nitrogens with zero attached hydrogens (tertiary/aromatic N) is 3. The Bertz CT molecular complexity index is 753. The summed E-state index contributed by atoms with van der Waals surface area (Å²) in [5.74, 6) is 0.252. The van der Waals surface area contributed by atoms with Crippen LogP contribution < -0.4 is 11.1 Å². The van der Waals surface area contributed by atoms with Crippen LogP contribution in [0.25, 0.3) is 0 Å². The maximum atomic E-state index is 12.4. The topological polar surface area (TPSA) is 95.0 Å². The highest BCUT2D eigenvalue weighted by molar-refractivity contribution is 6.04. The van der Waals surface area contributed by atoms with Crippen LogP contribution >= 0.6 is 0 Å². The number of carbonyl (C=O) groups is 1. The lowest BCUT2D eigenvalue weighted by Gasteiger charge is -2.21. The first kappa shape index (κ1) is 14.9. The Kier molecular flexibility index (Phi) is 4.11. The molecule has 0 saturated carbocycles. The SMILES string of the molecule is N#CN1CCCC1c1cc(C(=O)Nc2ccccn2)ccc1N. The zero-order valence-electron chi connectivity index (χ0n) is 12.6. The molecule has 1 saturated heterocycles. The van der Waals surface area contributed by atoms with E-state index in [-0.39, 0.29) is 11.9 Å². The highest BCUT2D eigenvalue weighted by Crippen LogP contribution is 2.34. The van der Waals surface area contributed by atoms with Gasteiger partial charge in [0.25, 0.3) is 5.91 Å². The smallest absolute Gasteiger partial charge is 0.256 e. The average Bonchev–Trinajstić information content (AvgIpc) is 3.04. The van der Waals surface area contributed by atoms with E-state index >= 15 is 0 Å². The summed E-state index contributed by atoms with van der Waals surface area (Å²) in [6, 6.07) is 10.4. The van der Waals surface area contributed by atoms with E-state index in [4.69, 9.17) is 5.73 Å². The molecule has 2 heterocycles. The molecule has 6 heteroatoms. The predicted molar refractivity (Wildman–Crippen MR) is 87.3 cm³/mol. The van der Waals surface area contributed by atoms with Gasteiger partial charge in [0, 0.05) is 24.0 Å². The maximum Gasteiger partial charge on any atom is 0.256 e. The number of nitrogens with two attached hydrogens (primary N) is 1. The summed E-state index contributed by atoms with van der Waals surface area (Å²) in [5.41, 5.74) is 8.00. The Morgan fingerprint density at radius 2 is 2.26 bits per heavy atom. The van der Waals surface area contributed by atoms with Crippen molar-refractivity contribution in [1.29, 1.82) is 5.26 Å². The zero-order valence-corrected chi connectivity index (χ0v) is 12.6. The minimum atomic E-state index is -0.244. The van der Waals surface area contributed by atoms with E-state index in [9.17, 15) is 10.1 Å². The number of carbonyl (C=O) groups excluding carboxylic acids is 1. The van der Waals surface area contributed by atoms with Crippen LogP contribution in [0.1, 0.15) is 34.8 Å². The normalized spacial score (nSPS) is 16.8. The van der Waals surface area contributed by atoms with Crippen LogP contribution in [0.5, 0.6) is 0 Å². The van der Waals surface area contributed by atoms with Gasteiger partial charge >= 0.3 is 0 Å². The number of aromatic nitrogens is 1. The van der Waals surface area contributed by atoms with Crippen LogP contribution in [0.2, 0.25) is 0 Å². The molecule has 6 nitrogen and oxygen atoms in total. The van der Waals surface area contributed by atoms with Crippen molar-refractivity contribution < 1.29 is 4.79 Å². The van der Waals surface area contributed by atoms with Crippen LogP contribution in [0, 0.1) is 11.5 Å². The van der Waals surface area contributed by atoms with E-state index in [2.05, 4.69) is 16.5 Å². The van der Waals surface area contributed by atoms with E-state index in [1.54, 1.807) is 47.5 Å². The molecule has 1 aromatic heterocycles. The van der Waals surface area contributed by atoms with Crippen molar-refractivity contribution in [3.05, 3.63) is 53.7 Å². The molecule has 1 atom stereocenters. The molecular formula is C17H17N5O. The van der Waals surface area contributed by atoms with Crippen molar-refractivity contribution >= 4 is 17.4 Å². The standard InChI is InChI=1S/C17H17N5O/c18-11-22-9-3-4-15(22)13-10-12(6-7-14(13)19)17(23)21-16-5-1-2-8-20-16/h1-2,5-8,10,15H,3-4,9,19H2,(H,20,21,23). The Morgan fingerprint density at radius 1 is 1.39 bits per heavy atom.